The van der Waals surface area contributed by atoms with Gasteiger partial charge in [0.25, 0.3) is 0 Å². The minimum absolute atomic E-state index is 0.485. The smallest absolute Gasteiger partial charge is 0.162 e. The van der Waals surface area contributed by atoms with Crippen LogP contribution in [-0.4, -0.2) is 7.11 Å². The first-order valence-corrected chi connectivity index (χ1v) is 6.79. The highest BCUT2D eigenvalue weighted by atomic mass is 79.9. The Morgan fingerprint density at radius 2 is 2.11 bits per heavy atom. The van der Waals surface area contributed by atoms with E-state index in [1.165, 1.54) is 0 Å². The second kappa shape index (κ2) is 5.89. The van der Waals surface area contributed by atoms with Crippen molar-refractivity contribution in [3.63, 3.8) is 0 Å². The van der Waals surface area contributed by atoms with Gasteiger partial charge in [-0.1, -0.05) is 0 Å². The third kappa shape index (κ3) is 3.03. The van der Waals surface area contributed by atoms with Crippen molar-refractivity contribution in [3.8, 4) is 17.6 Å². The Morgan fingerprint density at radius 1 is 1.28 bits per heavy atom. The van der Waals surface area contributed by atoms with E-state index in [1.807, 2.05) is 12.1 Å². The van der Waals surface area contributed by atoms with E-state index in [1.54, 1.807) is 36.6 Å². The molecule has 5 heteroatoms. The highest BCUT2D eigenvalue weighted by Crippen LogP contribution is 2.30. The average Bonchev–Trinajstić information content (AvgIpc) is 2.82. The van der Waals surface area contributed by atoms with E-state index in [9.17, 15) is 0 Å². The summed E-state index contributed by atoms with van der Waals surface area (Å²) < 4.78 is 12.0. The summed E-state index contributed by atoms with van der Waals surface area (Å²) in [5, 5.41) is 8.81. The van der Waals surface area contributed by atoms with Gasteiger partial charge in [-0.2, -0.15) is 5.26 Å². The Bertz CT molecular complexity index is 589. The summed E-state index contributed by atoms with van der Waals surface area (Å²) in [6.45, 7) is 0.485. The summed E-state index contributed by atoms with van der Waals surface area (Å²) in [7, 11) is 1.56. The summed E-state index contributed by atoms with van der Waals surface area (Å²) >= 11 is 5.03. The van der Waals surface area contributed by atoms with Crippen molar-refractivity contribution in [1.82, 2.24) is 0 Å². The molecule has 0 atom stereocenters. The topological polar surface area (TPSA) is 42.2 Å². The van der Waals surface area contributed by atoms with Crippen molar-refractivity contribution < 1.29 is 9.47 Å². The average molecular weight is 324 g/mol. The van der Waals surface area contributed by atoms with Crippen LogP contribution in [0.5, 0.6) is 11.5 Å². The van der Waals surface area contributed by atoms with Crippen molar-refractivity contribution >= 4 is 27.3 Å². The molecule has 18 heavy (non-hydrogen) atoms. The van der Waals surface area contributed by atoms with Crippen LogP contribution in [0.4, 0.5) is 0 Å². The predicted molar refractivity (Wildman–Crippen MR) is 74.1 cm³/mol. The molecule has 1 aromatic heterocycles. The normalized spacial score (nSPS) is 9.83. The molecule has 0 fully saturated rings. The van der Waals surface area contributed by atoms with Gasteiger partial charge >= 0.3 is 0 Å². The summed E-state index contributed by atoms with van der Waals surface area (Å²) in [4.78, 5) is 1.12. The number of nitriles is 1. The molecule has 0 spiro atoms. The van der Waals surface area contributed by atoms with Crippen molar-refractivity contribution in [2.45, 2.75) is 6.61 Å². The number of rotatable bonds is 4. The third-order valence-corrected chi connectivity index (χ3v) is 3.89. The first-order chi connectivity index (χ1) is 8.72. The molecule has 0 amide bonds. The van der Waals surface area contributed by atoms with Crippen molar-refractivity contribution in [3.05, 3.63) is 44.6 Å². The van der Waals surface area contributed by atoms with E-state index in [2.05, 4.69) is 22.0 Å². The number of benzene rings is 1. The van der Waals surface area contributed by atoms with Crippen LogP contribution in [0.15, 0.2) is 34.1 Å². The van der Waals surface area contributed by atoms with Crippen molar-refractivity contribution in [2.75, 3.05) is 7.11 Å². The summed E-state index contributed by atoms with van der Waals surface area (Å²) in [5.74, 6) is 1.21. The zero-order chi connectivity index (χ0) is 13.0. The van der Waals surface area contributed by atoms with Gasteiger partial charge in [-0.05, 0) is 40.2 Å². The molecule has 0 N–H and O–H groups in total. The second-order valence-corrected chi connectivity index (χ2v) is 6.02. The maximum Gasteiger partial charge on any atom is 0.162 e. The van der Waals surface area contributed by atoms with Crippen LogP contribution < -0.4 is 9.47 Å². The Labute approximate surface area is 118 Å². The molecule has 3 nitrogen and oxygen atoms in total. The minimum Gasteiger partial charge on any atom is -0.493 e. The van der Waals surface area contributed by atoms with Crippen LogP contribution in [0.3, 0.4) is 0 Å². The van der Waals surface area contributed by atoms with Gasteiger partial charge in [0.05, 0.1) is 22.5 Å². The molecule has 2 rings (SSSR count). The molecule has 0 aliphatic heterocycles. The van der Waals surface area contributed by atoms with E-state index < -0.39 is 0 Å². The molecule has 0 saturated heterocycles. The Hall–Kier alpha value is -1.51. The number of hydrogen-bond acceptors (Lipinski definition) is 4. The minimum atomic E-state index is 0.485. The van der Waals surface area contributed by atoms with Crippen molar-refractivity contribution in [2.24, 2.45) is 0 Å². The number of halogens is 1. The lowest BCUT2D eigenvalue weighted by Crippen LogP contribution is -1.96. The van der Waals surface area contributed by atoms with Crippen LogP contribution in [-0.2, 0) is 6.61 Å². The number of ether oxygens (including phenoxy) is 2. The van der Waals surface area contributed by atoms with Gasteiger partial charge in [-0.15, -0.1) is 11.3 Å². The van der Waals surface area contributed by atoms with Crippen molar-refractivity contribution in [1.29, 1.82) is 5.26 Å². The molecule has 0 saturated carbocycles. The van der Waals surface area contributed by atoms with E-state index >= 15 is 0 Å². The molecule has 92 valence electrons. The lowest BCUT2D eigenvalue weighted by atomic mass is 10.2. The molecule has 1 heterocycles. The fourth-order valence-electron chi connectivity index (χ4n) is 1.43. The lowest BCUT2D eigenvalue weighted by Gasteiger charge is -2.09. The quantitative estimate of drug-likeness (QED) is 0.854. The number of thiophene rings is 1. The van der Waals surface area contributed by atoms with E-state index in [-0.39, 0.29) is 0 Å². The zero-order valence-corrected chi connectivity index (χ0v) is 12.0. The van der Waals surface area contributed by atoms with Gasteiger partial charge in [-0.25, -0.2) is 0 Å². The monoisotopic (exact) mass is 323 g/mol. The maximum absolute atomic E-state index is 8.81. The van der Waals surface area contributed by atoms with Crippen LogP contribution in [0.2, 0.25) is 0 Å². The molecule has 0 bridgehead atoms. The van der Waals surface area contributed by atoms with Gasteiger partial charge < -0.3 is 9.47 Å². The Kier molecular flexibility index (Phi) is 4.24. The molecule has 2 aromatic rings. The fourth-order valence-corrected chi connectivity index (χ4v) is 2.83. The molecule has 0 radical (unpaired) electrons. The summed E-state index contributed by atoms with van der Waals surface area (Å²) in [5.41, 5.74) is 0.554. The maximum atomic E-state index is 8.81. The first-order valence-electron chi connectivity index (χ1n) is 5.18. The van der Waals surface area contributed by atoms with E-state index in [0.717, 1.165) is 8.66 Å². The Balaban J connectivity index is 2.12. The second-order valence-electron chi connectivity index (χ2n) is 3.47. The predicted octanol–water partition coefficient (Wildman–Crippen LogP) is 3.97. The van der Waals surface area contributed by atoms with Gasteiger partial charge in [0.15, 0.2) is 11.5 Å². The lowest BCUT2D eigenvalue weighted by molar-refractivity contribution is 0.287. The van der Waals surface area contributed by atoms with E-state index in [0.29, 0.717) is 23.7 Å². The SMILES string of the molecule is COc1cc(C#N)ccc1OCc1ccc(Br)s1. The molecule has 0 unspecified atom stereocenters. The molecule has 1 aromatic carbocycles. The van der Waals surface area contributed by atoms with Gasteiger partial charge in [0.1, 0.15) is 6.61 Å². The highest BCUT2D eigenvalue weighted by molar-refractivity contribution is 9.11. The van der Waals surface area contributed by atoms with Crippen LogP contribution in [0, 0.1) is 11.3 Å². The van der Waals surface area contributed by atoms with Gasteiger partial charge in [-0.3, -0.25) is 0 Å². The van der Waals surface area contributed by atoms with Crippen LogP contribution in [0.25, 0.3) is 0 Å². The first kappa shape index (κ1) is 12.9. The summed E-state index contributed by atoms with van der Waals surface area (Å²) in [6.07, 6.45) is 0. The number of methoxy groups -OCH3 is 1. The van der Waals surface area contributed by atoms with E-state index in [4.69, 9.17) is 14.7 Å². The summed E-state index contributed by atoms with van der Waals surface area (Å²) in [6, 6.07) is 11.2. The molecule has 0 aliphatic carbocycles. The third-order valence-electron chi connectivity index (χ3n) is 2.29. The fraction of sp³-hybridized carbons (Fsp3) is 0.154. The van der Waals surface area contributed by atoms with Crippen LogP contribution >= 0.6 is 27.3 Å². The largest absolute Gasteiger partial charge is 0.493 e. The standard InChI is InChI=1S/C13H10BrNO2S/c1-16-12-6-9(7-15)2-4-11(12)17-8-10-3-5-13(14)18-10/h2-6H,8H2,1H3. The highest BCUT2D eigenvalue weighted by Gasteiger charge is 2.06. The number of hydrogen-bond donors (Lipinski definition) is 0. The van der Waals surface area contributed by atoms with Crippen LogP contribution in [0.1, 0.15) is 10.4 Å². The molecular formula is C13H10BrNO2S. The number of nitrogens with zero attached hydrogens (tertiary/aromatic N) is 1. The van der Waals surface area contributed by atoms with Gasteiger partial charge in [0.2, 0.25) is 0 Å². The Morgan fingerprint density at radius 3 is 2.72 bits per heavy atom. The molecular weight excluding hydrogens is 314 g/mol. The molecule has 0 aliphatic rings. The zero-order valence-electron chi connectivity index (χ0n) is 9.64. The van der Waals surface area contributed by atoms with Gasteiger partial charge in [0, 0.05) is 10.9 Å².